The second kappa shape index (κ2) is 41.1. The molecule has 30 heteroatoms. The summed E-state index contributed by atoms with van der Waals surface area (Å²) >= 11 is 2.92. The van der Waals surface area contributed by atoms with E-state index in [4.69, 9.17) is 18.9 Å². The summed E-state index contributed by atoms with van der Waals surface area (Å²) in [6.45, 7) is 1.34. The number of hydrogen-bond acceptors (Lipinski definition) is 23. The number of Topliss-reactive ketones (excluding diaryl/α,β-unsaturated/α-hetero) is 1. The number of pyridine rings is 1. The number of aliphatic carboxylic acids is 1. The molecule has 0 saturated carbocycles. The van der Waals surface area contributed by atoms with Gasteiger partial charge in [0.05, 0.1) is 48.9 Å². The quantitative estimate of drug-likeness (QED) is 0.00784. The summed E-state index contributed by atoms with van der Waals surface area (Å²) < 4.78 is 23.2. The molecule has 4 aromatic carbocycles. The van der Waals surface area contributed by atoms with Crippen LogP contribution in [-0.4, -0.2) is 217 Å². The molecular weight excluding hydrogens is 1310 g/mol. The Morgan fingerprint density at radius 2 is 1.04 bits per heavy atom. The number of rotatable bonds is 35. The molecule has 2 aliphatic heterocycles. The van der Waals surface area contributed by atoms with Gasteiger partial charge in [-0.05, 0) is 95.2 Å². The van der Waals surface area contributed by atoms with Crippen molar-refractivity contribution in [3.63, 3.8) is 0 Å². The van der Waals surface area contributed by atoms with Crippen LogP contribution >= 0.6 is 23.5 Å². The Morgan fingerprint density at radius 1 is 0.594 bits per heavy atom. The summed E-state index contributed by atoms with van der Waals surface area (Å²) in [4.78, 5) is 105. The number of ether oxygens (including phenoxy) is 4. The second-order valence-electron chi connectivity index (χ2n) is 22.3. The monoisotopic (exact) mass is 1390 g/mol. The SMILES string of the molecule is CC(=O)N[C@H]1[C@H]([C@H](O)[C@H](O)CNC(=O)c2ccc(-c3ccccc3)cc2)O[C@]([C-]=O)(OCCCSCCNC(=O)c2ccc(C(=O)CCCSCCCO[C@]3(C(=O)[O-])C[C@H](O)[C@@H](NC(C)=O)[C@H]([C@H](O)[C@H](O)CNC(=O)c4ccc(-c5ccccc5)cc4)O3)cn2)C[C@@H]1O.[Na+].[Na+].[OH-]. The second-order valence-corrected chi connectivity index (χ2v) is 24.8. The van der Waals surface area contributed by atoms with Crippen molar-refractivity contribution in [1.29, 1.82) is 0 Å². The zero-order valence-corrected chi connectivity index (χ0v) is 59.3. The van der Waals surface area contributed by atoms with Gasteiger partial charge in [-0.25, -0.2) is 6.29 Å². The van der Waals surface area contributed by atoms with Crippen molar-refractivity contribution in [3.05, 3.63) is 150 Å². The fraction of sp³-hybridized carbons (Fsp3) is 0.439. The Kier molecular flexibility index (Phi) is 35.5. The number of aliphatic hydroxyl groups excluding tert-OH is 6. The van der Waals surface area contributed by atoms with Crippen LogP contribution in [0.25, 0.3) is 22.3 Å². The van der Waals surface area contributed by atoms with Crippen LogP contribution < -0.4 is 90.8 Å². The van der Waals surface area contributed by atoms with Gasteiger partial charge in [-0.2, -0.15) is 23.5 Å². The number of thioether (sulfide) groups is 2. The van der Waals surface area contributed by atoms with E-state index in [0.29, 0.717) is 47.0 Å². The zero-order valence-electron chi connectivity index (χ0n) is 53.7. The number of nitrogens with zero attached hydrogens (tertiary/aromatic N) is 1. The number of ketones is 1. The Balaban J connectivity index is 0.00000653. The van der Waals surface area contributed by atoms with E-state index in [2.05, 4.69) is 31.6 Å². The number of benzene rings is 4. The van der Waals surface area contributed by atoms with Gasteiger partial charge in [0.1, 0.15) is 36.1 Å². The molecular formula is C66H79N6Na2O20S2-. The van der Waals surface area contributed by atoms with E-state index in [1.807, 2.05) is 60.7 Å². The number of carboxylic acid groups (broad SMARTS) is 1. The number of aliphatic hydroxyl groups is 6. The third-order valence-electron chi connectivity index (χ3n) is 15.3. The van der Waals surface area contributed by atoms with E-state index in [1.165, 1.54) is 48.8 Å². The summed E-state index contributed by atoms with van der Waals surface area (Å²) in [7, 11) is 0. The number of carbonyl (C=O) groups is 7. The minimum absolute atomic E-state index is 0. The van der Waals surface area contributed by atoms with Crippen LogP contribution in [0.5, 0.6) is 0 Å². The van der Waals surface area contributed by atoms with Gasteiger partial charge in [-0.1, -0.05) is 84.9 Å². The molecule has 0 radical (unpaired) electrons. The van der Waals surface area contributed by atoms with Gasteiger partial charge < -0.3 is 96.3 Å². The van der Waals surface area contributed by atoms with Crippen molar-refractivity contribution in [2.45, 2.75) is 125 Å². The molecule has 5 aromatic rings. The molecule has 0 bridgehead atoms. The molecule has 26 nitrogen and oxygen atoms in total. The topological polar surface area (TPSA) is 421 Å². The fourth-order valence-corrected chi connectivity index (χ4v) is 12.1. The van der Waals surface area contributed by atoms with Gasteiger partial charge in [-0.3, -0.25) is 33.8 Å². The van der Waals surface area contributed by atoms with Crippen molar-refractivity contribution in [2.75, 3.05) is 55.9 Å². The molecule has 12 atom stereocenters. The summed E-state index contributed by atoms with van der Waals surface area (Å²) in [5.41, 5.74) is 4.61. The average Bonchev–Trinajstić information content (AvgIpc) is 0.780. The summed E-state index contributed by atoms with van der Waals surface area (Å²) in [6, 6.07) is 32.8. The van der Waals surface area contributed by atoms with Crippen molar-refractivity contribution >= 4 is 71.1 Å². The average molecular weight is 1390 g/mol. The molecule has 0 unspecified atom stereocenters. The molecule has 96 heavy (non-hydrogen) atoms. The maximum absolute atomic E-state index is 13.0. The third kappa shape index (κ3) is 24.1. The normalized spacial score (nSPS) is 21.7. The van der Waals surface area contributed by atoms with E-state index in [0.717, 1.165) is 29.2 Å². The fourth-order valence-electron chi connectivity index (χ4n) is 10.5. The number of hydrogen-bond donors (Lipinski definition) is 11. The Bertz CT molecular complexity index is 3290. The predicted octanol–water partition coefficient (Wildman–Crippen LogP) is -4.92. The van der Waals surface area contributed by atoms with E-state index in [1.54, 1.807) is 54.8 Å². The maximum atomic E-state index is 13.0. The van der Waals surface area contributed by atoms with Crippen LogP contribution in [0.3, 0.4) is 0 Å². The first-order valence-electron chi connectivity index (χ1n) is 30.3. The molecule has 508 valence electrons. The van der Waals surface area contributed by atoms with E-state index in [-0.39, 0.29) is 114 Å². The molecule has 7 rings (SSSR count). The third-order valence-corrected chi connectivity index (χ3v) is 17.6. The molecule has 12 N–H and O–H groups in total. The molecule has 3 heterocycles. The Hall–Kier alpha value is -5.55. The van der Waals surface area contributed by atoms with Crippen LogP contribution in [0.4, 0.5) is 0 Å². The standard InChI is InChI=1S/C66H79N6O19S2.2Na.H2O/c1-40(74)71-55-51(77)34-65(39-73,90-59(55)57(81)53(79)37-69-61(83)46-21-17-44(18-22-46)42-12-5-3-6-13-42)88-28-10-32-93-33-27-67-63(85)49-26-25-48(36-68-49)50(76)16-9-30-92-31-11-29-89-66(64(86)87)35-52(78)56(72-41(2)75)60(91-66)58(82)54(80)38-70-62(84)47-23-19-45(20-24-47)43-14-7-4-8-15-43;;;/h3-8,12-15,17-26,36,51-60,77-82H,9-11,16,27-35,37-38H2,1-2H3,(H,67,85)(H,69,83)(H,70,84)(H,71,74)(H,72,75)(H,86,87);;;1H2/q-1;2*+1;/p-2/t51-,52-,53+,54+,55+,56+,57+,58+,59+,60+,65+,66+;;;/m0.../s1. The van der Waals surface area contributed by atoms with Crippen molar-refractivity contribution in [3.8, 4) is 22.3 Å². The zero-order chi connectivity index (χ0) is 67.1. The summed E-state index contributed by atoms with van der Waals surface area (Å²) in [5, 5.41) is 92.2. The number of carbonyl (C=O) groups excluding carboxylic acids is 8. The minimum Gasteiger partial charge on any atom is -0.870 e. The van der Waals surface area contributed by atoms with Crippen LogP contribution in [0.1, 0.15) is 93.9 Å². The molecule has 2 aliphatic rings. The summed E-state index contributed by atoms with van der Waals surface area (Å²) in [5.74, 6) is -7.67. The number of amides is 5. The largest absolute Gasteiger partial charge is 1.00 e. The van der Waals surface area contributed by atoms with E-state index >= 15 is 0 Å². The van der Waals surface area contributed by atoms with Crippen molar-refractivity contribution < 1.29 is 158 Å². The molecule has 2 saturated heterocycles. The van der Waals surface area contributed by atoms with Gasteiger partial charge in [-0.15, -0.1) is 0 Å². The van der Waals surface area contributed by atoms with Crippen LogP contribution in [0.15, 0.2) is 128 Å². The maximum Gasteiger partial charge on any atom is 1.00 e. The molecule has 2 fully saturated rings. The number of carboxylic acids is 1. The van der Waals surface area contributed by atoms with E-state index < -0.39 is 134 Å². The van der Waals surface area contributed by atoms with Gasteiger partial charge in [0.15, 0.2) is 5.78 Å². The number of aromatic nitrogens is 1. The number of nitrogens with one attached hydrogen (secondary N) is 5. The predicted molar refractivity (Wildman–Crippen MR) is 343 cm³/mol. The Morgan fingerprint density at radius 3 is 1.51 bits per heavy atom. The van der Waals surface area contributed by atoms with Crippen LogP contribution in [-0.2, 0) is 38.1 Å². The van der Waals surface area contributed by atoms with E-state index in [9.17, 15) is 74.1 Å². The molecule has 1 aromatic heterocycles. The smallest absolute Gasteiger partial charge is 0.870 e. The van der Waals surface area contributed by atoms with Gasteiger partial charge in [0, 0.05) is 88.0 Å². The first kappa shape index (κ1) is 82.9. The van der Waals surface area contributed by atoms with Crippen molar-refractivity contribution in [2.24, 2.45) is 0 Å². The summed E-state index contributed by atoms with van der Waals surface area (Å²) in [6.07, 6.45) is -10.5. The minimum atomic E-state index is -2.59. The molecule has 0 spiro atoms. The first-order chi connectivity index (χ1) is 44.6. The van der Waals surface area contributed by atoms with Gasteiger partial charge >= 0.3 is 59.1 Å². The Labute approximate surface area is 608 Å². The van der Waals surface area contributed by atoms with Crippen molar-refractivity contribution in [1.82, 2.24) is 31.6 Å². The van der Waals surface area contributed by atoms with Gasteiger partial charge in [0.2, 0.25) is 17.6 Å². The van der Waals surface area contributed by atoms with Gasteiger partial charge in [0.25, 0.3) is 17.7 Å². The van der Waals surface area contributed by atoms with Crippen LogP contribution in [0.2, 0.25) is 0 Å². The molecule has 0 aliphatic carbocycles. The molecule has 5 amide bonds. The van der Waals surface area contributed by atoms with Crippen LogP contribution in [0, 0.1) is 0 Å². The first-order valence-corrected chi connectivity index (χ1v) is 32.6.